The average Bonchev–Trinajstić information content (AvgIpc) is 3.06. The standard InChI is InChI=1S/C20H14Cl2O3/c21-15-6-4-14(5-7-15)20(23)11-10-17-8-9-19(25-17)13-24-18-3-1-2-16(22)12-18/h1-12H,13H2/b11-10+. The van der Waals surface area contributed by atoms with E-state index in [2.05, 4.69) is 0 Å². The molecule has 2 aromatic carbocycles. The predicted octanol–water partition coefficient (Wildman–Crippen LogP) is 6.06. The maximum Gasteiger partial charge on any atom is 0.185 e. The molecule has 25 heavy (non-hydrogen) atoms. The lowest BCUT2D eigenvalue weighted by molar-refractivity contribution is 0.104. The number of hydrogen-bond donors (Lipinski definition) is 0. The third kappa shape index (κ3) is 4.99. The van der Waals surface area contributed by atoms with Crippen LogP contribution in [0.5, 0.6) is 5.75 Å². The van der Waals surface area contributed by atoms with E-state index in [9.17, 15) is 4.79 Å². The zero-order valence-electron chi connectivity index (χ0n) is 13.1. The Hall–Kier alpha value is -2.49. The first kappa shape index (κ1) is 17.3. The molecule has 0 N–H and O–H groups in total. The summed E-state index contributed by atoms with van der Waals surface area (Å²) in [5.41, 5.74) is 0.566. The molecule has 0 aliphatic rings. The van der Waals surface area contributed by atoms with Gasteiger partial charge in [0, 0.05) is 15.6 Å². The average molecular weight is 373 g/mol. The van der Waals surface area contributed by atoms with Crippen LogP contribution < -0.4 is 4.74 Å². The number of ketones is 1. The van der Waals surface area contributed by atoms with Crippen molar-refractivity contribution in [3.8, 4) is 5.75 Å². The molecular weight excluding hydrogens is 359 g/mol. The Morgan fingerprint density at radius 3 is 2.56 bits per heavy atom. The molecule has 0 unspecified atom stereocenters. The Morgan fingerprint density at radius 2 is 1.80 bits per heavy atom. The Labute approximate surface area is 155 Å². The molecule has 0 spiro atoms. The van der Waals surface area contributed by atoms with Gasteiger partial charge in [0.2, 0.25) is 0 Å². The fourth-order valence-electron chi connectivity index (χ4n) is 2.14. The van der Waals surface area contributed by atoms with E-state index in [1.54, 1.807) is 54.6 Å². The molecule has 126 valence electrons. The third-order valence-electron chi connectivity index (χ3n) is 3.39. The van der Waals surface area contributed by atoms with Crippen LogP contribution in [0.3, 0.4) is 0 Å². The van der Waals surface area contributed by atoms with Gasteiger partial charge in [0.15, 0.2) is 5.78 Å². The van der Waals surface area contributed by atoms with Gasteiger partial charge in [-0.2, -0.15) is 0 Å². The van der Waals surface area contributed by atoms with E-state index < -0.39 is 0 Å². The van der Waals surface area contributed by atoms with Gasteiger partial charge in [0.05, 0.1) is 0 Å². The number of carbonyl (C=O) groups is 1. The number of carbonyl (C=O) groups excluding carboxylic acids is 1. The Morgan fingerprint density at radius 1 is 1.00 bits per heavy atom. The molecule has 0 atom stereocenters. The molecule has 0 saturated carbocycles. The van der Waals surface area contributed by atoms with E-state index in [4.69, 9.17) is 32.4 Å². The van der Waals surface area contributed by atoms with Gasteiger partial charge in [-0.1, -0.05) is 29.3 Å². The van der Waals surface area contributed by atoms with Crippen LogP contribution in [-0.2, 0) is 6.61 Å². The van der Waals surface area contributed by atoms with Crippen molar-refractivity contribution in [2.75, 3.05) is 0 Å². The Bertz CT molecular complexity index is 895. The smallest absolute Gasteiger partial charge is 0.185 e. The molecule has 0 radical (unpaired) electrons. The lowest BCUT2D eigenvalue weighted by Crippen LogP contribution is -1.93. The number of benzene rings is 2. The largest absolute Gasteiger partial charge is 0.486 e. The van der Waals surface area contributed by atoms with E-state index in [0.717, 1.165) is 0 Å². The van der Waals surface area contributed by atoms with Gasteiger partial charge < -0.3 is 9.15 Å². The first-order chi connectivity index (χ1) is 12.1. The van der Waals surface area contributed by atoms with Crippen molar-refractivity contribution in [2.24, 2.45) is 0 Å². The zero-order valence-corrected chi connectivity index (χ0v) is 14.6. The second-order valence-corrected chi connectivity index (χ2v) is 6.13. The Balaban J connectivity index is 1.59. The molecular formula is C20H14Cl2O3. The highest BCUT2D eigenvalue weighted by atomic mass is 35.5. The summed E-state index contributed by atoms with van der Waals surface area (Å²) in [4.78, 5) is 12.1. The van der Waals surface area contributed by atoms with Crippen molar-refractivity contribution in [1.82, 2.24) is 0 Å². The molecule has 0 saturated heterocycles. The van der Waals surface area contributed by atoms with Gasteiger partial charge in [-0.3, -0.25) is 4.79 Å². The lowest BCUT2D eigenvalue weighted by Gasteiger charge is -2.03. The normalized spacial score (nSPS) is 11.0. The van der Waals surface area contributed by atoms with Gasteiger partial charge in [-0.15, -0.1) is 0 Å². The minimum atomic E-state index is -0.121. The highest BCUT2D eigenvalue weighted by molar-refractivity contribution is 6.31. The van der Waals surface area contributed by atoms with E-state index in [1.807, 2.05) is 12.1 Å². The molecule has 0 fully saturated rings. The predicted molar refractivity (Wildman–Crippen MR) is 99.3 cm³/mol. The first-order valence-corrected chi connectivity index (χ1v) is 8.31. The molecule has 1 aromatic heterocycles. The summed E-state index contributed by atoms with van der Waals surface area (Å²) in [5.74, 6) is 1.77. The van der Waals surface area contributed by atoms with Crippen LogP contribution in [0.25, 0.3) is 6.08 Å². The number of rotatable bonds is 6. The summed E-state index contributed by atoms with van der Waals surface area (Å²) in [7, 11) is 0. The fourth-order valence-corrected chi connectivity index (χ4v) is 2.45. The minimum Gasteiger partial charge on any atom is -0.486 e. The van der Waals surface area contributed by atoms with E-state index in [0.29, 0.717) is 32.9 Å². The van der Waals surface area contributed by atoms with Crippen molar-refractivity contribution >= 4 is 35.1 Å². The van der Waals surface area contributed by atoms with Crippen LogP contribution in [-0.4, -0.2) is 5.78 Å². The van der Waals surface area contributed by atoms with Gasteiger partial charge in [-0.25, -0.2) is 0 Å². The molecule has 0 aliphatic carbocycles. The second kappa shape index (κ2) is 8.06. The first-order valence-electron chi connectivity index (χ1n) is 7.55. The van der Waals surface area contributed by atoms with E-state index >= 15 is 0 Å². The summed E-state index contributed by atoms with van der Waals surface area (Å²) >= 11 is 11.7. The van der Waals surface area contributed by atoms with Crippen molar-refractivity contribution in [1.29, 1.82) is 0 Å². The zero-order chi connectivity index (χ0) is 17.6. The number of furan rings is 1. The van der Waals surface area contributed by atoms with Crippen LogP contribution in [0, 0.1) is 0 Å². The molecule has 3 nitrogen and oxygen atoms in total. The van der Waals surface area contributed by atoms with E-state index in [-0.39, 0.29) is 12.4 Å². The van der Waals surface area contributed by atoms with Crippen molar-refractivity contribution in [3.63, 3.8) is 0 Å². The summed E-state index contributed by atoms with van der Waals surface area (Å²) in [6, 6.07) is 17.5. The highest BCUT2D eigenvalue weighted by Crippen LogP contribution is 2.19. The summed E-state index contributed by atoms with van der Waals surface area (Å²) in [6.07, 6.45) is 3.09. The summed E-state index contributed by atoms with van der Waals surface area (Å²) in [5, 5.41) is 1.21. The number of halogens is 2. The molecule has 0 amide bonds. The van der Waals surface area contributed by atoms with Gasteiger partial charge in [0.25, 0.3) is 0 Å². The van der Waals surface area contributed by atoms with E-state index in [1.165, 1.54) is 6.08 Å². The molecule has 5 heteroatoms. The Kier molecular flexibility index (Phi) is 5.59. The van der Waals surface area contributed by atoms with Crippen LogP contribution >= 0.6 is 23.2 Å². The van der Waals surface area contributed by atoms with Gasteiger partial charge in [0.1, 0.15) is 23.9 Å². The topological polar surface area (TPSA) is 39.4 Å². The number of allylic oxidation sites excluding steroid dienone is 1. The van der Waals surface area contributed by atoms with Crippen LogP contribution in [0.15, 0.2) is 71.2 Å². The molecule has 0 bridgehead atoms. The molecule has 1 heterocycles. The third-order valence-corrected chi connectivity index (χ3v) is 3.87. The maximum atomic E-state index is 12.1. The van der Waals surface area contributed by atoms with Crippen LogP contribution in [0.4, 0.5) is 0 Å². The van der Waals surface area contributed by atoms with Crippen molar-refractivity contribution < 1.29 is 13.9 Å². The van der Waals surface area contributed by atoms with Crippen LogP contribution in [0.2, 0.25) is 10.0 Å². The molecule has 3 rings (SSSR count). The van der Waals surface area contributed by atoms with Crippen LogP contribution in [0.1, 0.15) is 21.9 Å². The number of ether oxygens (including phenoxy) is 1. The molecule has 0 aliphatic heterocycles. The highest BCUT2D eigenvalue weighted by Gasteiger charge is 2.04. The van der Waals surface area contributed by atoms with Gasteiger partial charge >= 0.3 is 0 Å². The lowest BCUT2D eigenvalue weighted by atomic mass is 10.1. The number of hydrogen-bond acceptors (Lipinski definition) is 3. The molecule has 3 aromatic rings. The van der Waals surface area contributed by atoms with Crippen molar-refractivity contribution in [2.45, 2.75) is 6.61 Å². The summed E-state index contributed by atoms with van der Waals surface area (Å²) in [6.45, 7) is 0.277. The van der Waals surface area contributed by atoms with Gasteiger partial charge in [-0.05, 0) is 66.7 Å². The SMILES string of the molecule is O=C(/C=C/c1ccc(COc2cccc(Cl)c2)o1)c1ccc(Cl)cc1. The summed E-state index contributed by atoms with van der Waals surface area (Å²) < 4.78 is 11.2. The monoisotopic (exact) mass is 372 g/mol. The quantitative estimate of drug-likeness (QED) is 0.389. The fraction of sp³-hybridized carbons (Fsp3) is 0.0500. The minimum absolute atomic E-state index is 0.121. The maximum absolute atomic E-state index is 12.1. The second-order valence-electron chi connectivity index (χ2n) is 5.25. The van der Waals surface area contributed by atoms with Crippen molar-refractivity contribution in [3.05, 3.63) is 93.9 Å².